The molecule has 0 aliphatic carbocycles. The quantitative estimate of drug-likeness (QED) is 0.751. The van der Waals surface area contributed by atoms with E-state index in [0.29, 0.717) is 18.4 Å². The lowest BCUT2D eigenvalue weighted by atomic mass is 10.3. The first-order chi connectivity index (χ1) is 6.74. The molecule has 0 N–H and O–H groups in total. The highest BCUT2D eigenvalue weighted by Gasteiger charge is 2.08. The first kappa shape index (κ1) is 9.27. The number of aromatic nitrogens is 1. The summed E-state index contributed by atoms with van der Waals surface area (Å²) < 4.78 is 5.09. The second kappa shape index (κ2) is 3.84. The van der Waals surface area contributed by atoms with Crippen LogP contribution in [-0.2, 0) is 6.54 Å². The van der Waals surface area contributed by atoms with Gasteiger partial charge in [0.1, 0.15) is 11.8 Å². The summed E-state index contributed by atoms with van der Waals surface area (Å²) in [4.78, 5) is 6.07. The van der Waals surface area contributed by atoms with Crippen molar-refractivity contribution in [2.24, 2.45) is 4.99 Å². The molecule has 0 saturated heterocycles. The minimum Gasteiger partial charge on any atom is -0.359 e. The summed E-state index contributed by atoms with van der Waals surface area (Å²) in [6, 6.07) is 1.91. The van der Waals surface area contributed by atoms with E-state index in [1.54, 1.807) is 6.08 Å². The molecule has 2 rings (SSSR count). The van der Waals surface area contributed by atoms with Crippen LogP contribution in [0, 0.1) is 6.92 Å². The fraction of sp³-hybridized carbons (Fsp3) is 0.333. The predicted molar refractivity (Wildman–Crippen MR) is 54.1 cm³/mol. The van der Waals surface area contributed by atoms with Gasteiger partial charge in [-0.15, -0.1) is 0 Å². The normalized spacial score (nSPS) is 15.9. The highest BCUT2D eigenvalue weighted by atomic mass is 35.5. The van der Waals surface area contributed by atoms with Crippen molar-refractivity contribution in [3.63, 3.8) is 0 Å². The minimum absolute atomic E-state index is 0.537. The van der Waals surface area contributed by atoms with Gasteiger partial charge in [-0.3, -0.25) is 4.99 Å². The van der Waals surface area contributed by atoms with Crippen LogP contribution in [0.5, 0.6) is 0 Å². The molecule has 0 atom stereocenters. The number of aliphatic imine (C=N–C) groups is 1. The molecule has 0 spiro atoms. The summed E-state index contributed by atoms with van der Waals surface area (Å²) in [6.45, 7) is 3.13. The average Bonchev–Trinajstić information content (AvgIpc) is 2.56. The molecule has 0 fully saturated rings. The Balaban J connectivity index is 1.97. The molecule has 0 unspecified atom stereocenters. The lowest BCUT2D eigenvalue weighted by Crippen LogP contribution is -2.19. The van der Waals surface area contributed by atoms with Gasteiger partial charge in [0.25, 0.3) is 0 Å². The Morgan fingerprint density at radius 1 is 1.64 bits per heavy atom. The van der Waals surface area contributed by atoms with Crippen molar-refractivity contribution >= 4 is 16.8 Å². The van der Waals surface area contributed by atoms with Gasteiger partial charge >= 0.3 is 0 Å². The molecular formula is C9H10ClN3O. The Kier molecular flexibility index (Phi) is 2.54. The van der Waals surface area contributed by atoms with Crippen LogP contribution in [-0.4, -0.2) is 21.9 Å². The van der Waals surface area contributed by atoms with Gasteiger partial charge in [-0.2, -0.15) is 0 Å². The van der Waals surface area contributed by atoms with Gasteiger partial charge in [-0.1, -0.05) is 16.8 Å². The topological polar surface area (TPSA) is 41.6 Å². The van der Waals surface area contributed by atoms with Gasteiger partial charge in [0.2, 0.25) is 0 Å². The van der Waals surface area contributed by atoms with Crippen molar-refractivity contribution in [2.75, 3.05) is 6.67 Å². The number of hydrogen-bond acceptors (Lipinski definition) is 4. The fourth-order valence-corrected chi connectivity index (χ4v) is 1.33. The molecule has 0 saturated carbocycles. The summed E-state index contributed by atoms with van der Waals surface area (Å²) in [5.41, 5.74) is 0.891. The van der Waals surface area contributed by atoms with Gasteiger partial charge in [0.05, 0.1) is 12.2 Å². The third-order valence-corrected chi connectivity index (χ3v) is 2.11. The molecule has 14 heavy (non-hydrogen) atoms. The molecule has 1 aromatic heterocycles. The van der Waals surface area contributed by atoms with Crippen molar-refractivity contribution < 1.29 is 4.52 Å². The van der Waals surface area contributed by atoms with Crippen LogP contribution in [0.2, 0.25) is 0 Å². The first-order valence-electron chi connectivity index (χ1n) is 4.28. The zero-order chi connectivity index (χ0) is 9.97. The van der Waals surface area contributed by atoms with E-state index in [1.165, 1.54) is 0 Å². The summed E-state index contributed by atoms with van der Waals surface area (Å²) in [7, 11) is 0. The maximum Gasteiger partial charge on any atom is 0.156 e. The largest absolute Gasteiger partial charge is 0.359 e. The highest BCUT2D eigenvalue weighted by molar-refractivity contribution is 6.68. The molecule has 0 aromatic carbocycles. The summed E-state index contributed by atoms with van der Waals surface area (Å²) in [5, 5.41) is 4.35. The third kappa shape index (κ3) is 2.14. The Morgan fingerprint density at radius 2 is 2.50 bits per heavy atom. The van der Waals surface area contributed by atoms with E-state index < -0.39 is 0 Å². The molecule has 74 valence electrons. The summed E-state index contributed by atoms with van der Waals surface area (Å²) in [5.74, 6) is 0.834. The molecule has 2 heterocycles. The monoisotopic (exact) mass is 211 g/mol. The van der Waals surface area contributed by atoms with Gasteiger partial charge < -0.3 is 9.42 Å². The second-order valence-electron chi connectivity index (χ2n) is 3.12. The third-order valence-electron chi connectivity index (χ3n) is 1.86. The molecule has 5 heteroatoms. The van der Waals surface area contributed by atoms with E-state index in [1.807, 2.05) is 24.1 Å². The Bertz CT molecular complexity index is 383. The second-order valence-corrected chi connectivity index (χ2v) is 3.51. The van der Waals surface area contributed by atoms with Crippen LogP contribution < -0.4 is 0 Å². The molecule has 0 bridgehead atoms. The number of rotatable bonds is 2. The number of nitrogens with zero attached hydrogens (tertiary/aromatic N) is 3. The van der Waals surface area contributed by atoms with E-state index in [9.17, 15) is 0 Å². The van der Waals surface area contributed by atoms with E-state index in [0.717, 1.165) is 11.5 Å². The van der Waals surface area contributed by atoms with Crippen LogP contribution in [0.15, 0.2) is 27.9 Å². The average molecular weight is 212 g/mol. The van der Waals surface area contributed by atoms with Crippen LogP contribution in [0.1, 0.15) is 11.5 Å². The number of hydrogen-bond donors (Lipinski definition) is 0. The van der Waals surface area contributed by atoms with Gasteiger partial charge in [-0.25, -0.2) is 0 Å². The van der Waals surface area contributed by atoms with Crippen molar-refractivity contribution in [3.8, 4) is 0 Å². The van der Waals surface area contributed by atoms with E-state index in [-0.39, 0.29) is 0 Å². The molecule has 1 aliphatic heterocycles. The zero-order valence-electron chi connectivity index (χ0n) is 7.77. The van der Waals surface area contributed by atoms with Crippen LogP contribution in [0.3, 0.4) is 0 Å². The lowest BCUT2D eigenvalue weighted by Gasteiger charge is -2.18. The first-order valence-corrected chi connectivity index (χ1v) is 4.66. The standard InChI is InChI=1S/C9H10ClN3O/c1-7-4-8(14-12-7)5-13-3-2-9(10)11-6-13/h2-4H,5-6H2,1H3. The minimum atomic E-state index is 0.537. The van der Waals surface area contributed by atoms with Crippen molar-refractivity contribution in [1.82, 2.24) is 10.1 Å². The van der Waals surface area contributed by atoms with Crippen LogP contribution in [0.25, 0.3) is 0 Å². The molecule has 1 aliphatic rings. The van der Waals surface area contributed by atoms with E-state index in [2.05, 4.69) is 10.1 Å². The smallest absolute Gasteiger partial charge is 0.156 e. The molecule has 0 amide bonds. The molecular weight excluding hydrogens is 202 g/mol. The Labute approximate surface area is 86.8 Å². The number of halogens is 1. The van der Waals surface area contributed by atoms with Crippen molar-refractivity contribution in [2.45, 2.75) is 13.5 Å². The van der Waals surface area contributed by atoms with E-state index in [4.69, 9.17) is 16.1 Å². The van der Waals surface area contributed by atoms with Crippen LogP contribution >= 0.6 is 11.6 Å². The maximum absolute atomic E-state index is 5.69. The SMILES string of the molecule is Cc1cc(CN2C=CC(Cl)=NC2)on1. The van der Waals surface area contributed by atoms with E-state index >= 15 is 0 Å². The number of allylic oxidation sites excluding steroid dienone is 1. The van der Waals surface area contributed by atoms with Gasteiger partial charge in [0.15, 0.2) is 5.76 Å². The Hall–Kier alpha value is -1.29. The van der Waals surface area contributed by atoms with Gasteiger partial charge in [0, 0.05) is 12.3 Å². The maximum atomic E-state index is 5.69. The summed E-state index contributed by atoms with van der Waals surface area (Å²) >= 11 is 5.69. The Morgan fingerprint density at radius 3 is 3.07 bits per heavy atom. The lowest BCUT2D eigenvalue weighted by molar-refractivity contribution is 0.300. The molecule has 4 nitrogen and oxygen atoms in total. The highest BCUT2D eigenvalue weighted by Crippen LogP contribution is 2.09. The van der Waals surface area contributed by atoms with Crippen molar-refractivity contribution in [1.29, 1.82) is 0 Å². The number of aryl methyl sites for hydroxylation is 1. The van der Waals surface area contributed by atoms with Crippen molar-refractivity contribution in [3.05, 3.63) is 29.8 Å². The van der Waals surface area contributed by atoms with Crippen LogP contribution in [0.4, 0.5) is 0 Å². The summed E-state index contributed by atoms with van der Waals surface area (Å²) in [6.07, 6.45) is 3.65. The van der Waals surface area contributed by atoms with Gasteiger partial charge in [-0.05, 0) is 13.0 Å². The molecule has 1 aromatic rings. The fourth-order valence-electron chi connectivity index (χ4n) is 1.22. The predicted octanol–water partition coefficient (Wildman–Crippen LogP) is 1.91. The molecule has 0 radical (unpaired) electrons. The zero-order valence-corrected chi connectivity index (χ0v) is 8.53.